The first-order valence-electron chi connectivity index (χ1n) is 6.28. The third kappa shape index (κ3) is 3.04. The van der Waals surface area contributed by atoms with E-state index in [0.717, 1.165) is 4.57 Å². The topological polar surface area (TPSA) is 131 Å². The summed E-state index contributed by atoms with van der Waals surface area (Å²) in [6.45, 7) is 2.44. The second-order valence-corrected chi connectivity index (χ2v) is 4.83. The van der Waals surface area contributed by atoms with Crippen molar-refractivity contribution in [3.8, 4) is 0 Å². The molecule has 0 aromatic carbocycles. The number of carbonyl (C=O) groups excluding carboxylic acids is 1. The Hall–Kier alpha value is -1.97. The summed E-state index contributed by atoms with van der Waals surface area (Å²) in [5, 5.41) is 19.8. The van der Waals surface area contributed by atoms with Crippen LogP contribution in [0.25, 0.3) is 0 Å². The molecule has 0 aliphatic carbocycles. The van der Waals surface area contributed by atoms with E-state index < -0.39 is 41.8 Å². The second kappa shape index (κ2) is 5.80. The van der Waals surface area contributed by atoms with E-state index in [1.807, 2.05) is 0 Å². The molecule has 9 heteroatoms. The minimum Gasteiger partial charge on any atom is -0.463 e. The molecule has 0 radical (unpaired) electrons. The number of aromatic nitrogens is 2. The highest BCUT2D eigenvalue weighted by atomic mass is 16.6. The minimum atomic E-state index is -1.39. The van der Waals surface area contributed by atoms with Gasteiger partial charge in [-0.2, -0.15) is 0 Å². The molecule has 1 saturated heterocycles. The van der Waals surface area contributed by atoms with Crippen molar-refractivity contribution in [2.75, 3.05) is 6.61 Å². The lowest BCUT2D eigenvalue weighted by molar-refractivity contribution is -0.147. The van der Waals surface area contributed by atoms with E-state index >= 15 is 0 Å². The molecular formula is C12H16N2O7. The summed E-state index contributed by atoms with van der Waals surface area (Å²) < 4.78 is 11.1. The van der Waals surface area contributed by atoms with Crippen LogP contribution in [-0.4, -0.2) is 50.7 Å². The van der Waals surface area contributed by atoms with Crippen LogP contribution in [0.15, 0.2) is 15.8 Å². The van der Waals surface area contributed by atoms with Gasteiger partial charge in [0.2, 0.25) is 0 Å². The molecule has 2 rings (SSSR count). The summed E-state index contributed by atoms with van der Waals surface area (Å²) in [6, 6.07) is 0. The van der Waals surface area contributed by atoms with Crippen molar-refractivity contribution in [1.29, 1.82) is 0 Å². The number of carbonyl (C=O) groups is 1. The standard InChI is InChI=1S/C12H16N2O7/c1-5-3-14(12(19)13-10(5)18)11-9(17)8(16)7(21-11)4-20-6(2)15/h3,7-9,11,16-17H,4H2,1-2H3,(H,13,18,19)/t7-,8?,9?,11-/m1/s1. The van der Waals surface area contributed by atoms with Gasteiger partial charge in [-0.1, -0.05) is 0 Å². The number of nitrogens with one attached hydrogen (secondary N) is 1. The maximum Gasteiger partial charge on any atom is 0.330 e. The summed E-state index contributed by atoms with van der Waals surface area (Å²) in [5.74, 6) is -0.555. The first-order chi connectivity index (χ1) is 9.81. The van der Waals surface area contributed by atoms with Crippen molar-refractivity contribution in [2.24, 2.45) is 0 Å². The van der Waals surface area contributed by atoms with Crippen LogP contribution in [0.2, 0.25) is 0 Å². The van der Waals surface area contributed by atoms with Crippen molar-refractivity contribution in [3.63, 3.8) is 0 Å². The largest absolute Gasteiger partial charge is 0.463 e. The highest BCUT2D eigenvalue weighted by Crippen LogP contribution is 2.28. The Morgan fingerprint density at radius 1 is 1.43 bits per heavy atom. The zero-order chi connectivity index (χ0) is 15.7. The van der Waals surface area contributed by atoms with Gasteiger partial charge in [0, 0.05) is 18.7 Å². The van der Waals surface area contributed by atoms with Crippen molar-refractivity contribution in [2.45, 2.75) is 38.4 Å². The molecule has 0 spiro atoms. The van der Waals surface area contributed by atoms with E-state index in [1.54, 1.807) is 0 Å². The van der Waals surface area contributed by atoms with Gasteiger partial charge in [0.1, 0.15) is 24.9 Å². The van der Waals surface area contributed by atoms with E-state index in [2.05, 4.69) is 4.98 Å². The molecule has 0 saturated carbocycles. The number of aliphatic hydroxyl groups excluding tert-OH is 2. The number of nitrogens with zero attached hydrogens (tertiary/aromatic N) is 1. The number of ether oxygens (including phenoxy) is 2. The Morgan fingerprint density at radius 3 is 2.71 bits per heavy atom. The van der Waals surface area contributed by atoms with Crippen LogP contribution < -0.4 is 11.2 Å². The molecule has 0 bridgehead atoms. The molecule has 1 fully saturated rings. The van der Waals surface area contributed by atoms with Crippen LogP contribution in [0.1, 0.15) is 18.7 Å². The van der Waals surface area contributed by atoms with Crippen molar-refractivity contribution >= 4 is 5.97 Å². The normalized spacial score (nSPS) is 28.6. The lowest BCUT2D eigenvalue weighted by atomic mass is 10.1. The summed E-state index contributed by atoms with van der Waals surface area (Å²) in [6.07, 6.45) is -3.63. The predicted molar refractivity (Wildman–Crippen MR) is 68.6 cm³/mol. The highest BCUT2D eigenvalue weighted by molar-refractivity contribution is 5.65. The molecule has 2 heterocycles. The number of hydrogen-bond donors (Lipinski definition) is 3. The van der Waals surface area contributed by atoms with Gasteiger partial charge in [-0.15, -0.1) is 0 Å². The lowest BCUT2D eigenvalue weighted by Gasteiger charge is -2.17. The van der Waals surface area contributed by atoms with Crippen LogP contribution in [0, 0.1) is 6.92 Å². The van der Waals surface area contributed by atoms with Crippen LogP contribution in [-0.2, 0) is 14.3 Å². The van der Waals surface area contributed by atoms with Crippen molar-refractivity contribution in [3.05, 3.63) is 32.6 Å². The SMILES string of the molecule is CC(=O)OC[C@H]1O[C@@H](n2cc(C)c(=O)[nH]c2=O)C(O)C1O. The Bertz CT molecular complexity index is 650. The molecule has 1 aliphatic heterocycles. The third-order valence-electron chi connectivity index (χ3n) is 3.21. The monoisotopic (exact) mass is 300 g/mol. The number of esters is 1. The quantitative estimate of drug-likeness (QED) is 0.552. The summed E-state index contributed by atoms with van der Waals surface area (Å²) in [7, 11) is 0. The first kappa shape index (κ1) is 15.4. The van der Waals surface area contributed by atoms with Gasteiger partial charge in [0.15, 0.2) is 6.23 Å². The van der Waals surface area contributed by atoms with Gasteiger partial charge in [0.25, 0.3) is 5.56 Å². The van der Waals surface area contributed by atoms with Gasteiger partial charge in [-0.3, -0.25) is 19.1 Å². The molecule has 3 N–H and O–H groups in total. The van der Waals surface area contributed by atoms with Crippen LogP contribution in [0.4, 0.5) is 0 Å². The molecule has 116 valence electrons. The Kier molecular flexibility index (Phi) is 4.26. The number of H-pyrrole nitrogens is 1. The van der Waals surface area contributed by atoms with Crippen LogP contribution in [0.3, 0.4) is 0 Å². The van der Waals surface area contributed by atoms with E-state index in [1.165, 1.54) is 20.0 Å². The fraction of sp³-hybridized carbons (Fsp3) is 0.583. The lowest BCUT2D eigenvalue weighted by Crippen LogP contribution is -2.38. The van der Waals surface area contributed by atoms with Gasteiger partial charge >= 0.3 is 11.7 Å². The third-order valence-corrected chi connectivity index (χ3v) is 3.21. The van der Waals surface area contributed by atoms with E-state index in [-0.39, 0.29) is 12.2 Å². The number of aryl methyl sites for hydroxylation is 1. The van der Waals surface area contributed by atoms with Gasteiger partial charge in [-0.25, -0.2) is 4.79 Å². The average molecular weight is 300 g/mol. The fourth-order valence-corrected chi connectivity index (χ4v) is 2.07. The Balaban J connectivity index is 2.25. The number of hydrogen-bond acceptors (Lipinski definition) is 7. The average Bonchev–Trinajstić information content (AvgIpc) is 2.68. The van der Waals surface area contributed by atoms with Gasteiger partial charge < -0.3 is 19.7 Å². The second-order valence-electron chi connectivity index (χ2n) is 4.83. The predicted octanol–water partition coefficient (Wildman–Crippen LogP) is -1.97. The maximum absolute atomic E-state index is 11.8. The number of aromatic amines is 1. The first-order valence-corrected chi connectivity index (χ1v) is 6.28. The van der Waals surface area contributed by atoms with E-state index in [4.69, 9.17) is 9.47 Å². The Labute approximate surface area is 118 Å². The van der Waals surface area contributed by atoms with Gasteiger partial charge in [-0.05, 0) is 6.92 Å². The van der Waals surface area contributed by atoms with Crippen LogP contribution in [0.5, 0.6) is 0 Å². The van der Waals surface area contributed by atoms with Crippen molar-refractivity contribution < 1.29 is 24.5 Å². The maximum atomic E-state index is 11.8. The summed E-state index contributed by atoms with van der Waals surface area (Å²) in [5.41, 5.74) is -1.06. The highest BCUT2D eigenvalue weighted by Gasteiger charge is 2.44. The zero-order valence-electron chi connectivity index (χ0n) is 11.5. The molecule has 1 aromatic heterocycles. The smallest absolute Gasteiger partial charge is 0.330 e. The molecule has 1 aromatic rings. The van der Waals surface area contributed by atoms with E-state index in [9.17, 15) is 24.6 Å². The Morgan fingerprint density at radius 2 is 2.10 bits per heavy atom. The summed E-state index contributed by atoms with van der Waals surface area (Å²) >= 11 is 0. The zero-order valence-corrected chi connectivity index (χ0v) is 11.5. The molecule has 2 unspecified atom stereocenters. The molecule has 9 nitrogen and oxygen atoms in total. The molecule has 0 amide bonds. The molecule has 21 heavy (non-hydrogen) atoms. The van der Waals surface area contributed by atoms with Gasteiger partial charge in [0.05, 0.1) is 0 Å². The van der Waals surface area contributed by atoms with Crippen LogP contribution >= 0.6 is 0 Å². The fourth-order valence-electron chi connectivity index (χ4n) is 2.07. The molecule has 1 aliphatic rings. The summed E-state index contributed by atoms with van der Waals surface area (Å²) in [4.78, 5) is 35.9. The minimum absolute atomic E-state index is 0.249. The number of rotatable bonds is 3. The molecular weight excluding hydrogens is 284 g/mol. The van der Waals surface area contributed by atoms with E-state index in [0.29, 0.717) is 0 Å². The number of aliphatic hydroxyl groups is 2. The molecule has 4 atom stereocenters. The van der Waals surface area contributed by atoms with Crippen molar-refractivity contribution in [1.82, 2.24) is 9.55 Å².